The van der Waals surface area contributed by atoms with Gasteiger partial charge in [-0.15, -0.1) is 0 Å². The topological polar surface area (TPSA) is 175 Å². The Morgan fingerprint density at radius 3 is 1.10 bits per heavy atom. The van der Waals surface area contributed by atoms with Crippen molar-refractivity contribution in [1.29, 1.82) is 0 Å². The minimum Gasteiger partial charge on any atom is -0.479 e. The van der Waals surface area contributed by atoms with Crippen LogP contribution in [0.15, 0.2) is 12.2 Å². The zero-order valence-corrected chi connectivity index (χ0v) is 50.0. The molecule has 3 N–H and O–H groups in total. The average Bonchev–Trinajstić information content (AvgIpc) is 3.41. The average molecular weight is 1090 g/mol. The van der Waals surface area contributed by atoms with Gasteiger partial charge < -0.3 is 39.0 Å². The van der Waals surface area contributed by atoms with E-state index in [0.29, 0.717) is 19.3 Å². The number of carbonyl (C=O) groups excluding carboxylic acids is 3. The molecule has 0 radical (unpaired) electrons. The molecule has 6 atom stereocenters. The van der Waals surface area contributed by atoms with E-state index in [9.17, 15) is 34.5 Å². The number of aliphatic hydroxyl groups excluding tert-OH is 2. The lowest BCUT2D eigenvalue weighted by atomic mass is 9.98. The molecular weight excluding hydrogens is 973 g/mol. The van der Waals surface area contributed by atoms with Gasteiger partial charge in [0, 0.05) is 19.3 Å². The predicted octanol–water partition coefficient (Wildman–Crippen LogP) is 17.2. The van der Waals surface area contributed by atoms with Crippen molar-refractivity contribution in [3.05, 3.63) is 12.2 Å². The highest BCUT2D eigenvalue weighted by Crippen LogP contribution is 2.27. The van der Waals surface area contributed by atoms with Crippen LogP contribution in [0.3, 0.4) is 0 Å². The van der Waals surface area contributed by atoms with E-state index < -0.39 is 67.3 Å². The quantitative estimate of drug-likeness (QED) is 0.0228. The second kappa shape index (κ2) is 54.1. The van der Waals surface area contributed by atoms with Crippen molar-refractivity contribution in [3.63, 3.8) is 0 Å². The molecule has 452 valence electrons. The standard InChI is InChI=1S/C65H120O12/c1-4-7-10-13-16-19-22-25-27-28-29-30-32-34-36-39-42-45-48-51-57(66)73-54-56(75-58(67)52-49-46-43-40-38-35-31-26-23-20-17-14-11-8-5-2)55-74-65-63(61(70)60(69)62(77-65)64(71)72)76-59(68)53-50-47-44-41-37-33-24-21-18-15-12-9-6-3/h26,31,56,60-63,65,69-70H,4-25,27-30,32-55H2,1-3H3,(H,71,72)/b31-26-. The Hall–Kier alpha value is -2.54. The molecule has 0 aromatic rings. The molecule has 0 aliphatic carbocycles. The molecule has 0 amide bonds. The van der Waals surface area contributed by atoms with Crippen molar-refractivity contribution in [2.24, 2.45) is 0 Å². The van der Waals surface area contributed by atoms with E-state index in [2.05, 4.69) is 32.9 Å². The number of ether oxygens (including phenoxy) is 5. The second-order valence-corrected chi connectivity index (χ2v) is 22.8. The third-order valence-corrected chi connectivity index (χ3v) is 15.3. The normalized spacial score (nSPS) is 18.0. The van der Waals surface area contributed by atoms with Crippen molar-refractivity contribution in [2.45, 2.75) is 366 Å². The molecule has 0 spiro atoms. The van der Waals surface area contributed by atoms with Gasteiger partial charge in [-0.3, -0.25) is 14.4 Å². The molecule has 1 aliphatic heterocycles. The Morgan fingerprint density at radius 1 is 0.416 bits per heavy atom. The number of aliphatic hydroxyl groups is 2. The van der Waals surface area contributed by atoms with Gasteiger partial charge in [-0.2, -0.15) is 0 Å². The van der Waals surface area contributed by atoms with E-state index in [1.54, 1.807) is 0 Å². The Morgan fingerprint density at radius 2 is 0.740 bits per heavy atom. The van der Waals surface area contributed by atoms with E-state index in [1.165, 1.54) is 193 Å². The number of carboxylic acid groups (broad SMARTS) is 1. The third-order valence-electron chi connectivity index (χ3n) is 15.3. The van der Waals surface area contributed by atoms with Crippen LogP contribution in [-0.2, 0) is 42.9 Å². The van der Waals surface area contributed by atoms with E-state index in [0.717, 1.165) is 77.0 Å². The summed E-state index contributed by atoms with van der Waals surface area (Å²) >= 11 is 0. The van der Waals surface area contributed by atoms with Crippen LogP contribution >= 0.6 is 0 Å². The molecule has 0 bridgehead atoms. The summed E-state index contributed by atoms with van der Waals surface area (Å²) < 4.78 is 28.5. The fourth-order valence-corrected chi connectivity index (χ4v) is 10.3. The number of unbranched alkanes of at least 4 members (excludes halogenated alkanes) is 41. The molecule has 1 aliphatic rings. The van der Waals surface area contributed by atoms with Crippen molar-refractivity contribution < 1.29 is 58.2 Å². The number of hydrogen-bond acceptors (Lipinski definition) is 11. The molecule has 1 rings (SSSR count). The number of esters is 3. The molecule has 12 nitrogen and oxygen atoms in total. The Bertz CT molecular complexity index is 1390. The van der Waals surface area contributed by atoms with Crippen LogP contribution in [0.5, 0.6) is 0 Å². The summed E-state index contributed by atoms with van der Waals surface area (Å²) in [6.07, 6.45) is 48.9. The van der Waals surface area contributed by atoms with Gasteiger partial charge in [-0.25, -0.2) is 4.79 Å². The van der Waals surface area contributed by atoms with Crippen LogP contribution in [0.2, 0.25) is 0 Å². The van der Waals surface area contributed by atoms with Gasteiger partial charge >= 0.3 is 23.9 Å². The van der Waals surface area contributed by atoms with Crippen molar-refractivity contribution in [3.8, 4) is 0 Å². The van der Waals surface area contributed by atoms with Gasteiger partial charge in [0.25, 0.3) is 0 Å². The third kappa shape index (κ3) is 43.9. The predicted molar refractivity (Wildman–Crippen MR) is 313 cm³/mol. The van der Waals surface area contributed by atoms with E-state index in [4.69, 9.17) is 23.7 Å². The minimum absolute atomic E-state index is 0.0677. The maximum absolute atomic E-state index is 13.2. The fraction of sp³-hybridized carbons (Fsp3) is 0.908. The first-order chi connectivity index (χ1) is 37.6. The highest BCUT2D eigenvalue weighted by atomic mass is 16.7. The summed E-state index contributed by atoms with van der Waals surface area (Å²) in [7, 11) is 0. The molecule has 0 aromatic carbocycles. The molecule has 12 heteroatoms. The van der Waals surface area contributed by atoms with Crippen molar-refractivity contribution in [1.82, 2.24) is 0 Å². The molecule has 77 heavy (non-hydrogen) atoms. The summed E-state index contributed by atoms with van der Waals surface area (Å²) in [5.41, 5.74) is 0. The number of allylic oxidation sites excluding steroid dienone is 2. The first kappa shape index (κ1) is 72.5. The van der Waals surface area contributed by atoms with Crippen LogP contribution in [-0.4, -0.2) is 89.2 Å². The zero-order chi connectivity index (χ0) is 56.1. The highest BCUT2D eigenvalue weighted by molar-refractivity contribution is 5.74. The van der Waals surface area contributed by atoms with Crippen LogP contribution in [0.1, 0.15) is 329 Å². The molecule has 1 heterocycles. The molecule has 0 aromatic heterocycles. The van der Waals surface area contributed by atoms with E-state index >= 15 is 0 Å². The number of carbonyl (C=O) groups is 4. The van der Waals surface area contributed by atoms with Crippen molar-refractivity contribution in [2.75, 3.05) is 13.2 Å². The van der Waals surface area contributed by atoms with E-state index in [-0.39, 0.29) is 25.9 Å². The summed E-state index contributed by atoms with van der Waals surface area (Å²) in [6.45, 7) is 6.04. The van der Waals surface area contributed by atoms with Gasteiger partial charge in [0.1, 0.15) is 18.8 Å². The first-order valence-corrected chi connectivity index (χ1v) is 32.7. The summed E-state index contributed by atoms with van der Waals surface area (Å²) in [5, 5.41) is 31.5. The Kier molecular flexibility index (Phi) is 50.9. The van der Waals surface area contributed by atoms with Crippen LogP contribution in [0.4, 0.5) is 0 Å². The maximum atomic E-state index is 13.2. The number of hydrogen-bond donors (Lipinski definition) is 3. The number of rotatable bonds is 57. The number of carboxylic acids is 1. The summed E-state index contributed by atoms with van der Waals surface area (Å²) in [5.74, 6) is -3.08. The lowest BCUT2D eigenvalue weighted by Crippen LogP contribution is -2.61. The fourth-order valence-electron chi connectivity index (χ4n) is 10.3. The highest BCUT2D eigenvalue weighted by Gasteiger charge is 2.50. The van der Waals surface area contributed by atoms with Gasteiger partial charge in [0.2, 0.25) is 0 Å². The second-order valence-electron chi connectivity index (χ2n) is 22.8. The van der Waals surface area contributed by atoms with Crippen LogP contribution in [0.25, 0.3) is 0 Å². The smallest absolute Gasteiger partial charge is 0.335 e. The molecular formula is C65H120O12. The lowest BCUT2D eigenvalue weighted by molar-refractivity contribution is -0.301. The Balaban J connectivity index is 2.63. The zero-order valence-electron chi connectivity index (χ0n) is 50.0. The summed E-state index contributed by atoms with van der Waals surface area (Å²) in [6, 6.07) is 0. The first-order valence-electron chi connectivity index (χ1n) is 32.7. The molecule has 1 fully saturated rings. The SMILES string of the molecule is CCCCCCCC/C=C\CCCCCCCC(=O)OC(COC(=O)CCCCCCCCCCCCCCCCCCCCC)COC1OC(C(=O)O)C(O)C(O)C1OC(=O)CCCCCCCCCCCCCCC. The number of aliphatic carboxylic acids is 1. The van der Waals surface area contributed by atoms with Gasteiger partial charge in [0.15, 0.2) is 24.6 Å². The monoisotopic (exact) mass is 1090 g/mol. The van der Waals surface area contributed by atoms with Gasteiger partial charge in [0.05, 0.1) is 6.61 Å². The molecule has 1 saturated heterocycles. The Labute approximate surface area is 471 Å². The maximum Gasteiger partial charge on any atom is 0.335 e. The lowest BCUT2D eigenvalue weighted by Gasteiger charge is -2.40. The largest absolute Gasteiger partial charge is 0.479 e. The summed E-state index contributed by atoms with van der Waals surface area (Å²) in [4.78, 5) is 51.2. The minimum atomic E-state index is -1.90. The van der Waals surface area contributed by atoms with Crippen LogP contribution in [0, 0.1) is 0 Å². The van der Waals surface area contributed by atoms with Crippen LogP contribution < -0.4 is 0 Å². The van der Waals surface area contributed by atoms with E-state index in [1.807, 2.05) is 0 Å². The molecule has 6 unspecified atom stereocenters. The molecule has 0 saturated carbocycles. The van der Waals surface area contributed by atoms with Crippen molar-refractivity contribution >= 4 is 23.9 Å². The van der Waals surface area contributed by atoms with Gasteiger partial charge in [-0.1, -0.05) is 277 Å². The van der Waals surface area contributed by atoms with Gasteiger partial charge in [-0.05, 0) is 44.9 Å².